The first-order valence-electron chi connectivity index (χ1n) is 7.08. The third-order valence-electron chi connectivity index (χ3n) is 3.74. The Balaban J connectivity index is 1.76. The minimum absolute atomic E-state index is 0.0530. The SMILES string of the molecule is O=C(O)CCN1CCN(Cc2ccc(C(F)F)cc2)CC1. The summed E-state index contributed by atoms with van der Waals surface area (Å²) in [5.74, 6) is -0.767. The summed E-state index contributed by atoms with van der Waals surface area (Å²) in [6.07, 6.45) is -2.24. The molecule has 1 aliphatic heterocycles. The third kappa shape index (κ3) is 5.06. The van der Waals surface area contributed by atoms with Crippen molar-refractivity contribution >= 4 is 5.97 Å². The lowest BCUT2D eigenvalue weighted by molar-refractivity contribution is -0.137. The zero-order valence-corrected chi connectivity index (χ0v) is 11.8. The molecule has 1 aromatic rings. The average Bonchev–Trinajstić information content (AvgIpc) is 2.47. The van der Waals surface area contributed by atoms with Crippen molar-refractivity contribution in [3.8, 4) is 0 Å². The fourth-order valence-electron chi connectivity index (χ4n) is 2.45. The van der Waals surface area contributed by atoms with Crippen LogP contribution in [0.15, 0.2) is 24.3 Å². The molecule has 0 bridgehead atoms. The molecular formula is C15H20F2N2O2. The monoisotopic (exact) mass is 298 g/mol. The fraction of sp³-hybridized carbons (Fsp3) is 0.533. The molecule has 1 aliphatic rings. The van der Waals surface area contributed by atoms with Crippen molar-refractivity contribution in [2.45, 2.75) is 19.4 Å². The number of alkyl halides is 2. The van der Waals surface area contributed by atoms with Gasteiger partial charge in [-0.1, -0.05) is 24.3 Å². The molecular weight excluding hydrogens is 278 g/mol. The zero-order chi connectivity index (χ0) is 15.2. The van der Waals surface area contributed by atoms with Gasteiger partial charge in [-0.3, -0.25) is 9.69 Å². The van der Waals surface area contributed by atoms with Gasteiger partial charge in [0.1, 0.15) is 0 Å². The number of halogens is 2. The van der Waals surface area contributed by atoms with Crippen molar-refractivity contribution in [2.24, 2.45) is 0 Å². The summed E-state index contributed by atoms with van der Waals surface area (Å²) in [7, 11) is 0. The Morgan fingerprint density at radius 3 is 2.19 bits per heavy atom. The van der Waals surface area contributed by atoms with Gasteiger partial charge in [-0.2, -0.15) is 0 Å². The topological polar surface area (TPSA) is 43.8 Å². The molecule has 0 radical (unpaired) electrons. The van der Waals surface area contributed by atoms with E-state index in [-0.39, 0.29) is 12.0 Å². The number of carboxylic acids is 1. The number of benzene rings is 1. The van der Waals surface area contributed by atoms with Crippen LogP contribution < -0.4 is 0 Å². The first kappa shape index (κ1) is 15.9. The first-order chi connectivity index (χ1) is 10.0. The standard InChI is InChI=1S/C15H20F2N2O2/c16-15(17)13-3-1-12(2-4-13)11-19-9-7-18(8-10-19)6-5-14(20)21/h1-4,15H,5-11H2,(H,20,21). The Morgan fingerprint density at radius 2 is 1.67 bits per heavy atom. The molecule has 1 N–H and O–H groups in total. The Bertz CT molecular complexity index is 457. The van der Waals surface area contributed by atoms with Crippen molar-refractivity contribution in [2.75, 3.05) is 32.7 Å². The van der Waals surface area contributed by atoms with Crippen molar-refractivity contribution in [1.29, 1.82) is 0 Å². The van der Waals surface area contributed by atoms with Crippen LogP contribution in [-0.4, -0.2) is 53.6 Å². The van der Waals surface area contributed by atoms with Crippen LogP contribution in [0.4, 0.5) is 8.78 Å². The molecule has 4 nitrogen and oxygen atoms in total. The zero-order valence-electron chi connectivity index (χ0n) is 11.8. The summed E-state index contributed by atoms with van der Waals surface area (Å²) >= 11 is 0. The highest BCUT2D eigenvalue weighted by Gasteiger charge is 2.17. The molecule has 1 saturated heterocycles. The number of hydrogen-bond donors (Lipinski definition) is 1. The summed E-state index contributed by atoms with van der Waals surface area (Å²) in [6, 6.07) is 6.45. The molecule has 6 heteroatoms. The van der Waals surface area contributed by atoms with Gasteiger partial charge in [-0.05, 0) is 5.56 Å². The number of aliphatic carboxylic acids is 1. The summed E-state index contributed by atoms with van der Waals surface area (Å²) in [5, 5.41) is 8.66. The van der Waals surface area contributed by atoms with E-state index in [4.69, 9.17) is 5.11 Å². The van der Waals surface area contributed by atoms with E-state index in [1.807, 2.05) is 0 Å². The largest absolute Gasteiger partial charge is 0.481 e. The van der Waals surface area contributed by atoms with Gasteiger partial charge in [0.25, 0.3) is 6.43 Å². The van der Waals surface area contributed by atoms with E-state index in [1.165, 1.54) is 12.1 Å². The number of piperazine rings is 1. The van der Waals surface area contributed by atoms with Crippen LogP contribution in [0.25, 0.3) is 0 Å². The van der Waals surface area contributed by atoms with E-state index >= 15 is 0 Å². The third-order valence-corrected chi connectivity index (χ3v) is 3.74. The van der Waals surface area contributed by atoms with Gasteiger partial charge in [-0.25, -0.2) is 8.78 Å². The molecule has 21 heavy (non-hydrogen) atoms. The highest BCUT2D eigenvalue weighted by Crippen LogP contribution is 2.19. The maximum absolute atomic E-state index is 12.5. The lowest BCUT2D eigenvalue weighted by Gasteiger charge is -2.34. The summed E-state index contributed by atoms with van der Waals surface area (Å²) < 4.78 is 24.9. The van der Waals surface area contributed by atoms with Gasteiger partial charge >= 0.3 is 5.97 Å². The molecule has 0 saturated carbocycles. The molecule has 2 rings (SSSR count). The summed E-state index contributed by atoms with van der Waals surface area (Å²) in [4.78, 5) is 14.9. The predicted octanol–water partition coefficient (Wildman–Crippen LogP) is 2.22. The van der Waals surface area contributed by atoms with Crippen molar-refractivity contribution in [3.05, 3.63) is 35.4 Å². The van der Waals surface area contributed by atoms with Crippen LogP contribution in [-0.2, 0) is 11.3 Å². The van der Waals surface area contributed by atoms with Crippen LogP contribution in [0.3, 0.4) is 0 Å². The van der Waals surface area contributed by atoms with E-state index in [2.05, 4.69) is 9.80 Å². The van der Waals surface area contributed by atoms with Crippen molar-refractivity contribution < 1.29 is 18.7 Å². The highest BCUT2D eigenvalue weighted by molar-refractivity contribution is 5.66. The molecule has 1 heterocycles. The normalized spacial score (nSPS) is 17.3. The van der Waals surface area contributed by atoms with E-state index in [9.17, 15) is 13.6 Å². The highest BCUT2D eigenvalue weighted by atomic mass is 19.3. The maximum Gasteiger partial charge on any atom is 0.304 e. The van der Waals surface area contributed by atoms with Gasteiger partial charge in [0.05, 0.1) is 6.42 Å². The van der Waals surface area contributed by atoms with Gasteiger partial charge in [0.2, 0.25) is 0 Å². The predicted molar refractivity (Wildman–Crippen MR) is 75.4 cm³/mol. The molecule has 0 amide bonds. The fourth-order valence-corrected chi connectivity index (χ4v) is 2.45. The van der Waals surface area contributed by atoms with Crippen LogP contribution >= 0.6 is 0 Å². The van der Waals surface area contributed by atoms with Crippen molar-refractivity contribution in [1.82, 2.24) is 9.80 Å². The molecule has 0 unspecified atom stereocenters. The van der Waals surface area contributed by atoms with Crippen LogP contribution in [0, 0.1) is 0 Å². The van der Waals surface area contributed by atoms with E-state index < -0.39 is 12.4 Å². The first-order valence-corrected chi connectivity index (χ1v) is 7.08. The second-order valence-electron chi connectivity index (χ2n) is 5.30. The van der Waals surface area contributed by atoms with Gasteiger partial charge in [-0.15, -0.1) is 0 Å². The molecule has 0 atom stereocenters. The quantitative estimate of drug-likeness (QED) is 0.874. The van der Waals surface area contributed by atoms with Crippen LogP contribution in [0.2, 0.25) is 0 Å². The summed E-state index contributed by atoms with van der Waals surface area (Å²) in [5.41, 5.74) is 1.08. The Morgan fingerprint density at radius 1 is 1.10 bits per heavy atom. The van der Waals surface area contributed by atoms with Gasteiger partial charge in [0, 0.05) is 44.8 Å². The molecule has 116 valence electrons. The van der Waals surface area contributed by atoms with Crippen LogP contribution in [0.1, 0.15) is 24.0 Å². The lowest BCUT2D eigenvalue weighted by atomic mass is 10.1. The van der Waals surface area contributed by atoms with Gasteiger partial charge in [0.15, 0.2) is 0 Å². The van der Waals surface area contributed by atoms with E-state index in [1.54, 1.807) is 12.1 Å². The molecule has 0 aromatic heterocycles. The van der Waals surface area contributed by atoms with E-state index in [0.717, 1.165) is 38.3 Å². The van der Waals surface area contributed by atoms with E-state index in [0.29, 0.717) is 6.54 Å². The number of rotatable bonds is 6. The second-order valence-corrected chi connectivity index (χ2v) is 5.30. The minimum Gasteiger partial charge on any atom is -0.481 e. The molecule has 1 aromatic carbocycles. The second kappa shape index (κ2) is 7.47. The number of carbonyl (C=O) groups is 1. The van der Waals surface area contributed by atoms with Gasteiger partial charge < -0.3 is 10.0 Å². The smallest absolute Gasteiger partial charge is 0.304 e. The Kier molecular flexibility index (Phi) is 5.64. The number of nitrogens with zero attached hydrogens (tertiary/aromatic N) is 2. The molecule has 0 spiro atoms. The Labute approximate surface area is 123 Å². The minimum atomic E-state index is -2.42. The average molecular weight is 298 g/mol. The molecule has 0 aliphatic carbocycles. The molecule has 1 fully saturated rings. The Hall–Kier alpha value is -1.53. The van der Waals surface area contributed by atoms with Crippen molar-refractivity contribution in [3.63, 3.8) is 0 Å². The summed E-state index contributed by atoms with van der Waals surface area (Å²) in [6.45, 7) is 4.78. The number of hydrogen-bond acceptors (Lipinski definition) is 3. The van der Waals surface area contributed by atoms with Crippen LogP contribution in [0.5, 0.6) is 0 Å². The lowest BCUT2D eigenvalue weighted by Crippen LogP contribution is -2.46. The number of carboxylic acid groups (broad SMARTS) is 1. The maximum atomic E-state index is 12.5.